The molecule has 1 amide bonds. The van der Waals surface area contributed by atoms with Crippen LogP contribution in [0.1, 0.15) is 41.5 Å². The van der Waals surface area contributed by atoms with E-state index in [0.29, 0.717) is 12.4 Å². The van der Waals surface area contributed by atoms with Crippen LogP contribution in [0, 0.1) is 13.8 Å². The van der Waals surface area contributed by atoms with Crippen molar-refractivity contribution in [3.05, 3.63) is 39.4 Å². The maximum atomic E-state index is 12.2. The van der Waals surface area contributed by atoms with Crippen LogP contribution in [-0.2, 0) is 6.54 Å². The molecule has 0 bridgehead atoms. The number of H-pyrrole nitrogens is 1. The van der Waals surface area contributed by atoms with E-state index in [-0.39, 0.29) is 17.2 Å². The number of hydrogen-bond donors (Lipinski definition) is 2. The maximum Gasteiger partial charge on any atom is 0.277 e. The van der Waals surface area contributed by atoms with Gasteiger partial charge in [-0.2, -0.15) is 10.2 Å². The van der Waals surface area contributed by atoms with Crippen molar-refractivity contribution in [3.63, 3.8) is 0 Å². The monoisotopic (exact) mass is 289 g/mol. The summed E-state index contributed by atoms with van der Waals surface area (Å²) in [6.45, 7) is 6.28. The molecule has 0 spiro atoms. The minimum absolute atomic E-state index is 0.200. The molecular weight excluding hydrogens is 270 g/mol. The number of rotatable bonds is 5. The molecule has 2 rings (SSSR count). The van der Waals surface area contributed by atoms with Gasteiger partial charge in [0.2, 0.25) is 0 Å². The van der Waals surface area contributed by atoms with Crippen molar-refractivity contribution in [2.45, 2.75) is 40.2 Å². The number of hydrogen-bond acceptors (Lipinski definition) is 4. The summed E-state index contributed by atoms with van der Waals surface area (Å²) in [6, 6.07) is 2.79. The standard InChI is InChI=1S/C14H19N5O2/c1-4-5-8-19-12(20)7-6-11(18-19)14(21)15-13-9(2)10(3)16-17-13/h6-7H,4-5,8H2,1-3H3,(H2,15,16,17,21). The first-order chi connectivity index (χ1) is 10.0. The smallest absolute Gasteiger partial charge is 0.277 e. The fourth-order valence-corrected chi connectivity index (χ4v) is 1.82. The highest BCUT2D eigenvalue weighted by Crippen LogP contribution is 2.14. The highest BCUT2D eigenvalue weighted by atomic mass is 16.2. The third-order valence-electron chi connectivity index (χ3n) is 3.31. The number of anilines is 1. The van der Waals surface area contributed by atoms with Gasteiger partial charge in [0.25, 0.3) is 11.5 Å². The predicted molar refractivity (Wildman–Crippen MR) is 79.4 cm³/mol. The zero-order valence-corrected chi connectivity index (χ0v) is 12.4. The molecule has 7 heteroatoms. The Balaban J connectivity index is 2.19. The van der Waals surface area contributed by atoms with Gasteiger partial charge in [-0.1, -0.05) is 13.3 Å². The average molecular weight is 289 g/mol. The zero-order valence-electron chi connectivity index (χ0n) is 12.4. The third kappa shape index (κ3) is 3.36. The molecule has 0 aliphatic carbocycles. The summed E-state index contributed by atoms with van der Waals surface area (Å²) in [4.78, 5) is 23.8. The van der Waals surface area contributed by atoms with Gasteiger partial charge in [0.15, 0.2) is 5.82 Å². The third-order valence-corrected chi connectivity index (χ3v) is 3.31. The maximum absolute atomic E-state index is 12.2. The normalized spacial score (nSPS) is 10.6. The van der Waals surface area contributed by atoms with Crippen molar-refractivity contribution in [1.82, 2.24) is 20.0 Å². The van der Waals surface area contributed by atoms with Gasteiger partial charge < -0.3 is 5.32 Å². The molecule has 0 saturated heterocycles. The van der Waals surface area contributed by atoms with Gasteiger partial charge in [-0.25, -0.2) is 4.68 Å². The molecule has 7 nitrogen and oxygen atoms in total. The van der Waals surface area contributed by atoms with Crippen molar-refractivity contribution >= 4 is 11.7 Å². The van der Waals surface area contributed by atoms with Crippen molar-refractivity contribution in [3.8, 4) is 0 Å². The Morgan fingerprint density at radius 1 is 1.38 bits per heavy atom. The number of carbonyl (C=O) groups excluding carboxylic acids is 1. The fraction of sp³-hybridized carbons (Fsp3) is 0.429. The molecule has 112 valence electrons. The topological polar surface area (TPSA) is 92.7 Å². The minimum Gasteiger partial charge on any atom is -0.303 e. The summed E-state index contributed by atoms with van der Waals surface area (Å²) >= 11 is 0. The van der Waals surface area contributed by atoms with Gasteiger partial charge >= 0.3 is 0 Å². The van der Waals surface area contributed by atoms with E-state index < -0.39 is 0 Å². The van der Waals surface area contributed by atoms with Crippen LogP contribution in [0.25, 0.3) is 0 Å². The lowest BCUT2D eigenvalue weighted by Crippen LogP contribution is -2.26. The van der Waals surface area contributed by atoms with E-state index in [1.54, 1.807) is 0 Å². The first kappa shape index (κ1) is 15.0. The number of amides is 1. The molecular formula is C14H19N5O2. The van der Waals surface area contributed by atoms with Gasteiger partial charge in [-0.3, -0.25) is 14.7 Å². The molecule has 21 heavy (non-hydrogen) atoms. The van der Waals surface area contributed by atoms with Gasteiger partial charge in [-0.15, -0.1) is 0 Å². The Kier molecular flexibility index (Phi) is 4.52. The zero-order chi connectivity index (χ0) is 15.4. The highest BCUT2D eigenvalue weighted by molar-refractivity contribution is 6.02. The van der Waals surface area contributed by atoms with Crippen LogP contribution in [0.3, 0.4) is 0 Å². The number of nitrogens with zero attached hydrogens (tertiary/aromatic N) is 3. The quantitative estimate of drug-likeness (QED) is 0.875. The van der Waals surface area contributed by atoms with Gasteiger partial charge in [0.1, 0.15) is 5.69 Å². The second kappa shape index (κ2) is 6.34. The molecule has 2 aromatic rings. The summed E-state index contributed by atoms with van der Waals surface area (Å²) < 4.78 is 1.32. The molecule has 0 atom stereocenters. The van der Waals surface area contributed by atoms with E-state index in [4.69, 9.17) is 0 Å². The first-order valence-corrected chi connectivity index (χ1v) is 6.94. The number of aromatic nitrogens is 4. The second-order valence-electron chi connectivity index (χ2n) is 4.91. The summed E-state index contributed by atoms with van der Waals surface area (Å²) in [5, 5.41) is 13.6. The summed E-state index contributed by atoms with van der Waals surface area (Å²) in [5.41, 5.74) is 1.77. The largest absolute Gasteiger partial charge is 0.303 e. The lowest BCUT2D eigenvalue weighted by Gasteiger charge is -2.06. The molecule has 2 heterocycles. The van der Waals surface area contributed by atoms with Gasteiger partial charge in [0, 0.05) is 23.9 Å². The van der Waals surface area contributed by atoms with Crippen LogP contribution in [0.2, 0.25) is 0 Å². The Labute approximate surface area is 122 Å². The van der Waals surface area contributed by atoms with Crippen LogP contribution in [0.5, 0.6) is 0 Å². The first-order valence-electron chi connectivity index (χ1n) is 6.94. The molecule has 0 aromatic carbocycles. The van der Waals surface area contributed by atoms with Crippen molar-refractivity contribution in [1.29, 1.82) is 0 Å². The van der Waals surface area contributed by atoms with Crippen molar-refractivity contribution < 1.29 is 4.79 Å². The van der Waals surface area contributed by atoms with E-state index in [2.05, 4.69) is 20.6 Å². The Hall–Kier alpha value is -2.44. The Morgan fingerprint density at radius 3 is 2.76 bits per heavy atom. The number of unbranched alkanes of at least 4 members (excludes halogenated alkanes) is 1. The number of carbonyl (C=O) groups is 1. The number of aryl methyl sites for hydroxylation is 2. The van der Waals surface area contributed by atoms with Crippen molar-refractivity contribution in [2.24, 2.45) is 0 Å². The summed E-state index contributed by atoms with van der Waals surface area (Å²) in [5.74, 6) is 0.0976. The lowest BCUT2D eigenvalue weighted by atomic mass is 10.2. The molecule has 2 N–H and O–H groups in total. The van der Waals surface area contributed by atoms with Gasteiger partial charge in [-0.05, 0) is 26.3 Å². The molecule has 0 aliphatic heterocycles. The van der Waals surface area contributed by atoms with E-state index in [1.807, 2.05) is 20.8 Å². The van der Waals surface area contributed by atoms with Gasteiger partial charge in [0.05, 0.1) is 0 Å². The van der Waals surface area contributed by atoms with Crippen LogP contribution < -0.4 is 10.9 Å². The highest BCUT2D eigenvalue weighted by Gasteiger charge is 2.13. The fourth-order valence-electron chi connectivity index (χ4n) is 1.82. The van der Waals surface area contributed by atoms with Crippen molar-refractivity contribution in [2.75, 3.05) is 5.32 Å². The molecule has 0 unspecified atom stereocenters. The average Bonchev–Trinajstić information content (AvgIpc) is 2.78. The molecule has 0 fully saturated rings. The SMILES string of the molecule is CCCCn1nc(C(=O)Nc2n[nH]c(C)c2C)ccc1=O. The predicted octanol–water partition coefficient (Wildman–Crippen LogP) is 1.64. The lowest BCUT2D eigenvalue weighted by molar-refractivity contribution is 0.101. The molecule has 0 radical (unpaired) electrons. The number of nitrogens with one attached hydrogen (secondary N) is 2. The van der Waals surface area contributed by atoms with Crippen LogP contribution in [0.15, 0.2) is 16.9 Å². The van der Waals surface area contributed by atoms with Crippen LogP contribution in [-0.4, -0.2) is 25.9 Å². The summed E-state index contributed by atoms with van der Waals surface area (Å²) in [6.07, 6.45) is 1.80. The summed E-state index contributed by atoms with van der Waals surface area (Å²) in [7, 11) is 0. The van der Waals surface area contributed by atoms with Crippen LogP contribution in [0.4, 0.5) is 5.82 Å². The molecule has 2 aromatic heterocycles. The second-order valence-corrected chi connectivity index (χ2v) is 4.91. The van der Waals surface area contributed by atoms with E-state index in [1.165, 1.54) is 16.8 Å². The number of aromatic amines is 1. The molecule has 0 saturated carbocycles. The molecule has 0 aliphatic rings. The van der Waals surface area contributed by atoms with E-state index in [0.717, 1.165) is 24.1 Å². The Morgan fingerprint density at radius 2 is 2.14 bits per heavy atom. The van der Waals surface area contributed by atoms with E-state index in [9.17, 15) is 9.59 Å². The van der Waals surface area contributed by atoms with E-state index >= 15 is 0 Å². The Bertz CT molecular complexity index is 702. The van der Waals surface area contributed by atoms with Crippen LogP contribution >= 0.6 is 0 Å². The minimum atomic E-state index is -0.380.